The van der Waals surface area contributed by atoms with E-state index in [9.17, 15) is 4.39 Å². The minimum absolute atomic E-state index is 0.154. The molecule has 0 aromatic heterocycles. The zero-order valence-corrected chi connectivity index (χ0v) is 12.1. The summed E-state index contributed by atoms with van der Waals surface area (Å²) in [5.74, 6) is 0.692. The fourth-order valence-corrected chi connectivity index (χ4v) is 2.40. The Balaban J connectivity index is 2.22. The van der Waals surface area contributed by atoms with E-state index >= 15 is 0 Å². The van der Waals surface area contributed by atoms with Crippen LogP contribution in [-0.2, 0) is 6.42 Å². The van der Waals surface area contributed by atoms with Crippen molar-refractivity contribution in [3.63, 3.8) is 0 Å². The van der Waals surface area contributed by atoms with Crippen molar-refractivity contribution in [3.05, 3.63) is 65.0 Å². The van der Waals surface area contributed by atoms with Gasteiger partial charge in [-0.05, 0) is 55.3 Å². The van der Waals surface area contributed by atoms with Crippen LogP contribution >= 0.6 is 0 Å². The third kappa shape index (κ3) is 3.36. The molecule has 2 rings (SSSR count). The van der Waals surface area contributed by atoms with Crippen molar-refractivity contribution in [1.82, 2.24) is 5.32 Å². The minimum Gasteiger partial charge on any atom is -0.496 e. The van der Waals surface area contributed by atoms with Crippen LogP contribution < -0.4 is 10.1 Å². The second-order valence-electron chi connectivity index (χ2n) is 4.90. The van der Waals surface area contributed by atoms with Gasteiger partial charge in [0.1, 0.15) is 11.6 Å². The van der Waals surface area contributed by atoms with E-state index in [1.807, 2.05) is 32.2 Å². The quantitative estimate of drug-likeness (QED) is 0.898. The summed E-state index contributed by atoms with van der Waals surface area (Å²) in [6, 6.07) is 13.0. The highest BCUT2D eigenvalue weighted by Gasteiger charge is 2.12. The average Bonchev–Trinajstić information content (AvgIpc) is 2.44. The monoisotopic (exact) mass is 273 g/mol. The van der Waals surface area contributed by atoms with Crippen LogP contribution in [0.1, 0.15) is 22.7 Å². The zero-order valence-electron chi connectivity index (χ0n) is 12.1. The maximum Gasteiger partial charge on any atom is 0.123 e. The normalized spacial score (nSPS) is 12.2. The zero-order chi connectivity index (χ0) is 14.5. The number of methoxy groups -OCH3 is 1. The summed E-state index contributed by atoms with van der Waals surface area (Å²) in [6.07, 6.45) is 0.750. The van der Waals surface area contributed by atoms with Gasteiger partial charge in [-0.15, -0.1) is 0 Å². The average molecular weight is 273 g/mol. The highest BCUT2D eigenvalue weighted by molar-refractivity contribution is 5.38. The Morgan fingerprint density at radius 3 is 2.60 bits per heavy atom. The molecule has 106 valence electrons. The molecule has 0 saturated heterocycles. The number of rotatable bonds is 5. The second-order valence-corrected chi connectivity index (χ2v) is 4.90. The maximum atomic E-state index is 13.2. The van der Waals surface area contributed by atoms with Gasteiger partial charge in [-0.1, -0.05) is 24.3 Å². The molecular weight excluding hydrogens is 253 g/mol. The second kappa shape index (κ2) is 6.53. The van der Waals surface area contributed by atoms with E-state index in [4.69, 9.17) is 4.74 Å². The van der Waals surface area contributed by atoms with E-state index < -0.39 is 0 Å². The summed E-state index contributed by atoms with van der Waals surface area (Å²) >= 11 is 0. The van der Waals surface area contributed by atoms with Crippen molar-refractivity contribution in [2.45, 2.75) is 19.4 Å². The number of aryl methyl sites for hydroxylation is 1. The molecule has 0 heterocycles. The number of ether oxygens (including phenoxy) is 1. The number of benzene rings is 2. The summed E-state index contributed by atoms with van der Waals surface area (Å²) in [4.78, 5) is 0. The SMILES string of the molecule is CNC(Cc1cccc(F)c1)c1ccc(OC)c(C)c1. The van der Waals surface area contributed by atoms with Gasteiger partial charge < -0.3 is 10.1 Å². The summed E-state index contributed by atoms with van der Waals surface area (Å²) in [5.41, 5.74) is 3.26. The first-order chi connectivity index (χ1) is 9.63. The lowest BCUT2D eigenvalue weighted by atomic mass is 9.97. The first-order valence-corrected chi connectivity index (χ1v) is 6.70. The summed E-state index contributed by atoms with van der Waals surface area (Å²) in [6.45, 7) is 2.03. The van der Waals surface area contributed by atoms with Crippen LogP contribution in [0.2, 0.25) is 0 Å². The third-order valence-corrected chi connectivity index (χ3v) is 3.50. The van der Waals surface area contributed by atoms with Crippen LogP contribution in [0.15, 0.2) is 42.5 Å². The van der Waals surface area contributed by atoms with Gasteiger partial charge in [0.15, 0.2) is 0 Å². The number of halogens is 1. The Morgan fingerprint density at radius 2 is 2.00 bits per heavy atom. The fraction of sp³-hybridized carbons (Fsp3) is 0.294. The first kappa shape index (κ1) is 14.5. The predicted molar refractivity (Wildman–Crippen MR) is 79.6 cm³/mol. The molecule has 0 fully saturated rings. The van der Waals surface area contributed by atoms with Crippen molar-refractivity contribution in [3.8, 4) is 5.75 Å². The van der Waals surface area contributed by atoms with Crippen LogP contribution in [0.4, 0.5) is 4.39 Å². The highest BCUT2D eigenvalue weighted by atomic mass is 19.1. The van der Waals surface area contributed by atoms with Gasteiger partial charge in [0.2, 0.25) is 0 Å². The molecule has 3 heteroatoms. The molecule has 0 bridgehead atoms. The number of likely N-dealkylation sites (N-methyl/N-ethyl adjacent to an activating group) is 1. The van der Waals surface area contributed by atoms with Gasteiger partial charge in [-0.2, -0.15) is 0 Å². The van der Waals surface area contributed by atoms with E-state index in [-0.39, 0.29) is 11.9 Å². The number of hydrogen-bond donors (Lipinski definition) is 1. The van der Waals surface area contributed by atoms with Crippen LogP contribution in [0.5, 0.6) is 5.75 Å². The van der Waals surface area contributed by atoms with Crippen LogP contribution in [0.25, 0.3) is 0 Å². The summed E-state index contributed by atoms with van der Waals surface area (Å²) in [7, 11) is 3.59. The first-order valence-electron chi connectivity index (χ1n) is 6.70. The van der Waals surface area contributed by atoms with Crippen LogP contribution in [-0.4, -0.2) is 14.2 Å². The molecule has 1 unspecified atom stereocenters. The van der Waals surface area contributed by atoms with Crippen molar-refractivity contribution < 1.29 is 9.13 Å². The van der Waals surface area contributed by atoms with Crippen molar-refractivity contribution >= 4 is 0 Å². The molecular formula is C17H20FNO. The van der Waals surface area contributed by atoms with Gasteiger partial charge in [0.05, 0.1) is 7.11 Å². The van der Waals surface area contributed by atoms with Gasteiger partial charge in [0, 0.05) is 6.04 Å². The summed E-state index contributed by atoms with van der Waals surface area (Å²) < 4.78 is 18.5. The Morgan fingerprint density at radius 1 is 1.20 bits per heavy atom. The third-order valence-electron chi connectivity index (χ3n) is 3.50. The molecule has 0 spiro atoms. The molecule has 1 N–H and O–H groups in total. The molecule has 2 nitrogen and oxygen atoms in total. The van der Waals surface area contributed by atoms with Gasteiger partial charge in [-0.25, -0.2) is 4.39 Å². The van der Waals surface area contributed by atoms with E-state index in [1.54, 1.807) is 19.2 Å². The maximum absolute atomic E-state index is 13.2. The fourth-order valence-electron chi connectivity index (χ4n) is 2.40. The van der Waals surface area contributed by atoms with Crippen molar-refractivity contribution in [2.75, 3.05) is 14.2 Å². The molecule has 0 aliphatic carbocycles. The lowest BCUT2D eigenvalue weighted by molar-refractivity contribution is 0.411. The highest BCUT2D eigenvalue weighted by Crippen LogP contribution is 2.24. The molecule has 1 atom stereocenters. The van der Waals surface area contributed by atoms with Crippen LogP contribution in [0, 0.1) is 12.7 Å². The van der Waals surface area contributed by atoms with Gasteiger partial charge in [0.25, 0.3) is 0 Å². The Labute approximate surface area is 119 Å². The van der Waals surface area contributed by atoms with Crippen molar-refractivity contribution in [2.24, 2.45) is 0 Å². The van der Waals surface area contributed by atoms with E-state index in [1.165, 1.54) is 11.6 Å². The Bertz CT molecular complexity index is 583. The molecule has 20 heavy (non-hydrogen) atoms. The topological polar surface area (TPSA) is 21.3 Å². The predicted octanol–water partition coefficient (Wildman–Crippen LogP) is 3.65. The standard InChI is InChI=1S/C17H20FNO/c1-12-9-14(7-8-17(12)20-3)16(19-2)11-13-5-4-6-15(18)10-13/h4-10,16,19H,11H2,1-3H3. The smallest absolute Gasteiger partial charge is 0.123 e. The van der Waals surface area contributed by atoms with Gasteiger partial charge in [-0.3, -0.25) is 0 Å². The molecule has 2 aromatic carbocycles. The van der Waals surface area contributed by atoms with Gasteiger partial charge >= 0.3 is 0 Å². The molecule has 0 aliphatic rings. The lowest BCUT2D eigenvalue weighted by Crippen LogP contribution is -2.19. The van der Waals surface area contributed by atoms with E-state index in [0.717, 1.165) is 23.3 Å². The number of hydrogen-bond acceptors (Lipinski definition) is 2. The van der Waals surface area contributed by atoms with Crippen LogP contribution in [0.3, 0.4) is 0 Å². The van der Waals surface area contributed by atoms with E-state index in [2.05, 4.69) is 11.4 Å². The minimum atomic E-state index is -0.191. The molecule has 0 amide bonds. The molecule has 0 aliphatic heterocycles. The number of nitrogens with one attached hydrogen (secondary N) is 1. The largest absolute Gasteiger partial charge is 0.496 e. The van der Waals surface area contributed by atoms with Crippen molar-refractivity contribution in [1.29, 1.82) is 0 Å². The summed E-state index contributed by atoms with van der Waals surface area (Å²) in [5, 5.41) is 3.29. The Kier molecular flexibility index (Phi) is 4.74. The lowest BCUT2D eigenvalue weighted by Gasteiger charge is -2.18. The van der Waals surface area contributed by atoms with E-state index in [0.29, 0.717) is 0 Å². The molecule has 0 radical (unpaired) electrons. The Hall–Kier alpha value is -1.87. The molecule has 0 saturated carbocycles. The molecule has 2 aromatic rings.